The van der Waals surface area contributed by atoms with Crippen LogP contribution in [0.1, 0.15) is 44.9 Å². The van der Waals surface area contributed by atoms with Crippen molar-refractivity contribution < 1.29 is 28.2 Å². The Hall–Kier alpha value is -3.35. The number of allylic oxidation sites excluding steroid dienone is 2. The summed E-state index contributed by atoms with van der Waals surface area (Å²) in [6.45, 7) is 1.87. The Kier molecular flexibility index (Phi) is 7.21. The number of aromatic nitrogens is 2. The van der Waals surface area contributed by atoms with E-state index in [4.69, 9.17) is 0 Å². The average Bonchev–Trinajstić information content (AvgIpc) is 3.25. The van der Waals surface area contributed by atoms with Crippen LogP contribution in [0.15, 0.2) is 64.4 Å². The van der Waals surface area contributed by atoms with E-state index in [1.165, 1.54) is 23.5 Å². The van der Waals surface area contributed by atoms with Gasteiger partial charge in [0.15, 0.2) is 0 Å². The molecule has 0 spiro atoms. The van der Waals surface area contributed by atoms with Crippen LogP contribution in [0, 0.1) is 12.8 Å². The number of aryl methyl sites for hydroxylation is 1. The number of carbonyl (C=O) groups is 1. The summed E-state index contributed by atoms with van der Waals surface area (Å²) in [6, 6.07) is 6.73. The van der Waals surface area contributed by atoms with Gasteiger partial charge >= 0.3 is 12.1 Å². The number of aromatic carboxylic acids is 1. The maximum atomic E-state index is 13.0. The lowest BCUT2D eigenvalue weighted by Gasteiger charge is -2.33. The Balaban J connectivity index is 1.44. The van der Waals surface area contributed by atoms with Crippen molar-refractivity contribution in [2.24, 2.45) is 10.9 Å². The van der Waals surface area contributed by atoms with E-state index in [0.717, 1.165) is 29.5 Å². The molecule has 1 aliphatic heterocycles. The number of nitrogens with one attached hydrogen (secondary N) is 1. The van der Waals surface area contributed by atoms with Gasteiger partial charge in [-0.15, -0.1) is 11.3 Å². The summed E-state index contributed by atoms with van der Waals surface area (Å²) in [5, 5.41) is 24.7. The molecule has 3 heterocycles. The fourth-order valence-corrected chi connectivity index (χ4v) is 6.40. The number of pyridine rings is 1. The Labute approximate surface area is 234 Å². The van der Waals surface area contributed by atoms with E-state index < -0.39 is 23.7 Å². The SMILES string of the molecule is Cc1cc(NC2=NC=CC(C(F)(F)F)C=C2)nc(-c2cnc(C3(O)CCCc4c3ccc(C(=O)O)c4Br)s2)c1. The van der Waals surface area contributed by atoms with Gasteiger partial charge in [-0.05, 0) is 83.1 Å². The van der Waals surface area contributed by atoms with Crippen LogP contribution < -0.4 is 5.32 Å². The third-order valence-electron chi connectivity index (χ3n) is 6.57. The predicted octanol–water partition coefficient (Wildman–Crippen LogP) is 6.62. The largest absolute Gasteiger partial charge is 0.478 e. The number of hydrogen-bond donors (Lipinski definition) is 3. The molecule has 0 radical (unpaired) electrons. The number of alkyl halides is 3. The van der Waals surface area contributed by atoms with Gasteiger partial charge in [-0.2, -0.15) is 13.2 Å². The van der Waals surface area contributed by atoms with Crippen molar-refractivity contribution in [3.05, 3.63) is 86.6 Å². The summed E-state index contributed by atoms with van der Waals surface area (Å²) in [7, 11) is 0. The molecule has 12 heteroatoms. The highest BCUT2D eigenvalue weighted by molar-refractivity contribution is 9.10. The zero-order chi connectivity index (χ0) is 27.9. The van der Waals surface area contributed by atoms with Crippen LogP contribution in [0.25, 0.3) is 10.6 Å². The van der Waals surface area contributed by atoms with E-state index in [-0.39, 0.29) is 11.4 Å². The number of nitrogens with zero attached hydrogens (tertiary/aromatic N) is 3. The number of aliphatic hydroxyl groups is 1. The van der Waals surface area contributed by atoms with Crippen LogP contribution in [0.2, 0.25) is 0 Å². The highest BCUT2D eigenvalue weighted by atomic mass is 79.9. The lowest BCUT2D eigenvalue weighted by Crippen LogP contribution is -2.32. The van der Waals surface area contributed by atoms with Crippen LogP contribution in [0.4, 0.5) is 19.0 Å². The molecule has 2 atom stereocenters. The molecule has 0 saturated carbocycles. The minimum absolute atomic E-state index is 0.138. The third kappa shape index (κ3) is 5.41. The second-order valence-corrected chi connectivity index (χ2v) is 11.1. The summed E-state index contributed by atoms with van der Waals surface area (Å²) in [5.41, 5.74) is 1.55. The van der Waals surface area contributed by atoms with Crippen molar-refractivity contribution in [2.45, 2.75) is 38.0 Å². The molecule has 3 aromatic rings. The third-order valence-corrected chi connectivity index (χ3v) is 8.65. The van der Waals surface area contributed by atoms with Gasteiger partial charge in [-0.1, -0.05) is 18.2 Å². The fraction of sp³-hybridized carbons (Fsp3) is 0.259. The molecule has 0 bridgehead atoms. The second-order valence-electron chi connectivity index (χ2n) is 9.32. The molecule has 2 unspecified atom stereocenters. The minimum Gasteiger partial charge on any atom is -0.478 e. The lowest BCUT2D eigenvalue weighted by atomic mass is 9.79. The number of carboxylic acid groups (broad SMARTS) is 1. The normalized spacial score (nSPS) is 20.8. The summed E-state index contributed by atoms with van der Waals surface area (Å²) >= 11 is 4.69. The highest BCUT2D eigenvalue weighted by Gasteiger charge is 2.40. The first-order valence-electron chi connectivity index (χ1n) is 11.9. The highest BCUT2D eigenvalue weighted by Crippen LogP contribution is 2.46. The number of hydrogen-bond acceptors (Lipinski definition) is 7. The van der Waals surface area contributed by atoms with E-state index in [2.05, 4.69) is 36.2 Å². The van der Waals surface area contributed by atoms with Crippen molar-refractivity contribution in [1.82, 2.24) is 9.97 Å². The molecule has 2 aliphatic rings. The zero-order valence-corrected chi connectivity index (χ0v) is 22.9. The number of carboxylic acids is 1. The molecule has 5 rings (SSSR count). The quantitative estimate of drug-likeness (QED) is 0.303. The van der Waals surface area contributed by atoms with Crippen molar-refractivity contribution in [3.63, 3.8) is 0 Å². The molecule has 1 aromatic carbocycles. The average molecular weight is 619 g/mol. The number of fused-ring (bicyclic) bond motifs is 1. The Morgan fingerprint density at radius 2 is 2.05 bits per heavy atom. The van der Waals surface area contributed by atoms with E-state index >= 15 is 0 Å². The van der Waals surface area contributed by atoms with E-state index in [9.17, 15) is 28.2 Å². The van der Waals surface area contributed by atoms with Gasteiger partial charge in [0, 0.05) is 16.9 Å². The van der Waals surface area contributed by atoms with Crippen LogP contribution in [-0.2, 0) is 12.0 Å². The van der Waals surface area contributed by atoms with Crippen LogP contribution in [0.5, 0.6) is 0 Å². The van der Waals surface area contributed by atoms with Crippen LogP contribution in [-0.4, -0.2) is 38.2 Å². The van der Waals surface area contributed by atoms with E-state index in [1.807, 2.05) is 13.0 Å². The first-order chi connectivity index (χ1) is 18.5. The second kappa shape index (κ2) is 10.3. The van der Waals surface area contributed by atoms with Gasteiger partial charge < -0.3 is 15.5 Å². The topological polar surface area (TPSA) is 108 Å². The first kappa shape index (κ1) is 27.2. The van der Waals surface area contributed by atoms with Gasteiger partial charge in [0.05, 0.1) is 22.1 Å². The molecular weight excluding hydrogens is 597 g/mol. The van der Waals surface area contributed by atoms with Gasteiger partial charge in [0.1, 0.15) is 22.3 Å². The Bertz CT molecular complexity index is 1550. The summed E-state index contributed by atoms with van der Waals surface area (Å²) in [4.78, 5) is 25.4. The number of aliphatic imine (C=N–C) groups is 1. The van der Waals surface area contributed by atoms with Gasteiger partial charge in [-0.3, -0.25) is 0 Å². The van der Waals surface area contributed by atoms with E-state index in [1.54, 1.807) is 18.3 Å². The number of halogens is 4. The summed E-state index contributed by atoms with van der Waals surface area (Å²) < 4.78 is 39.6. The fourth-order valence-electron chi connectivity index (χ4n) is 4.68. The molecule has 7 nitrogen and oxygen atoms in total. The molecule has 0 saturated heterocycles. The molecule has 2 aromatic heterocycles. The van der Waals surface area contributed by atoms with Crippen molar-refractivity contribution in [1.29, 1.82) is 0 Å². The zero-order valence-electron chi connectivity index (χ0n) is 20.5. The molecule has 202 valence electrons. The Morgan fingerprint density at radius 3 is 2.79 bits per heavy atom. The van der Waals surface area contributed by atoms with Gasteiger partial charge in [-0.25, -0.2) is 19.8 Å². The number of amidine groups is 1. The maximum absolute atomic E-state index is 13.0. The van der Waals surface area contributed by atoms with Crippen molar-refractivity contribution in [3.8, 4) is 10.6 Å². The number of benzene rings is 1. The maximum Gasteiger partial charge on any atom is 0.398 e. The predicted molar refractivity (Wildman–Crippen MR) is 146 cm³/mol. The molecule has 3 N–H and O–H groups in total. The molecule has 39 heavy (non-hydrogen) atoms. The lowest BCUT2D eigenvalue weighted by molar-refractivity contribution is -0.148. The summed E-state index contributed by atoms with van der Waals surface area (Å²) in [5.74, 6) is -2.16. The first-order valence-corrected chi connectivity index (χ1v) is 13.6. The van der Waals surface area contributed by atoms with Gasteiger partial charge in [0.2, 0.25) is 0 Å². The molecule has 0 amide bonds. The monoisotopic (exact) mass is 618 g/mol. The molecule has 1 aliphatic carbocycles. The molecular formula is C27H22BrF3N4O3S. The van der Waals surface area contributed by atoms with Crippen molar-refractivity contribution >= 4 is 44.9 Å². The smallest absolute Gasteiger partial charge is 0.398 e. The number of thiazole rings is 1. The van der Waals surface area contributed by atoms with Crippen molar-refractivity contribution in [2.75, 3.05) is 5.32 Å². The Morgan fingerprint density at radius 1 is 1.26 bits per heavy atom. The van der Waals surface area contributed by atoms with Crippen LogP contribution in [0.3, 0.4) is 0 Å². The van der Waals surface area contributed by atoms with E-state index in [0.29, 0.717) is 50.7 Å². The standard InChI is InChI=1S/C27H22BrF3N4O3S/c1-14-11-19(34-22(12-14)35-21-7-4-15(8-10-32-21)27(29,30)31)20-13-33-25(39-20)26(38)9-2-3-16-18(26)6-5-17(23(16)28)24(36)37/h4-8,10-13,15,38H,2-3,9H2,1H3,(H,36,37)(H,32,34,35). The summed E-state index contributed by atoms with van der Waals surface area (Å²) in [6.07, 6.45) is 3.34. The van der Waals surface area contributed by atoms with Crippen LogP contribution >= 0.6 is 27.3 Å². The number of anilines is 1. The number of rotatable bonds is 4. The van der Waals surface area contributed by atoms with Gasteiger partial charge in [0.25, 0.3) is 0 Å². The molecule has 0 fully saturated rings. The minimum atomic E-state index is -4.39.